The van der Waals surface area contributed by atoms with E-state index >= 15 is 0 Å². The van der Waals surface area contributed by atoms with E-state index in [0.717, 1.165) is 11.4 Å². The highest BCUT2D eigenvalue weighted by molar-refractivity contribution is 5.92. The van der Waals surface area contributed by atoms with Crippen molar-refractivity contribution >= 4 is 17.3 Å². The van der Waals surface area contributed by atoms with E-state index in [-0.39, 0.29) is 5.91 Å². The van der Waals surface area contributed by atoms with E-state index in [1.165, 1.54) is 0 Å². The number of likely N-dealkylation sites (N-methyl/N-ethyl adjacent to an activating group) is 1. The molecule has 0 saturated carbocycles. The Labute approximate surface area is 83.7 Å². The highest BCUT2D eigenvalue weighted by Crippen LogP contribution is 2.12. The molecule has 1 aromatic rings. The van der Waals surface area contributed by atoms with Gasteiger partial charge in [0.2, 0.25) is 5.91 Å². The first-order chi connectivity index (χ1) is 6.76. The zero-order valence-corrected chi connectivity index (χ0v) is 8.42. The molecule has 0 aliphatic carbocycles. The minimum absolute atomic E-state index is 0.0373. The summed E-state index contributed by atoms with van der Waals surface area (Å²) in [7, 11) is 3.60. The number of nitrogens with one attached hydrogen (secondary N) is 3. The SMILES string of the molecule is CNCC(=O)Nc1ccc(NC)cc1. The first-order valence-electron chi connectivity index (χ1n) is 4.48. The summed E-state index contributed by atoms with van der Waals surface area (Å²) in [6.07, 6.45) is 0. The smallest absolute Gasteiger partial charge is 0.238 e. The largest absolute Gasteiger partial charge is 0.388 e. The molecule has 14 heavy (non-hydrogen) atoms. The van der Waals surface area contributed by atoms with Gasteiger partial charge in [0, 0.05) is 18.4 Å². The maximum absolute atomic E-state index is 11.2. The van der Waals surface area contributed by atoms with Crippen molar-refractivity contribution in [3.05, 3.63) is 24.3 Å². The number of carbonyl (C=O) groups excluding carboxylic acids is 1. The van der Waals surface area contributed by atoms with Crippen LogP contribution in [-0.4, -0.2) is 26.5 Å². The molecule has 0 bridgehead atoms. The monoisotopic (exact) mass is 193 g/mol. The molecule has 0 unspecified atom stereocenters. The van der Waals surface area contributed by atoms with Crippen molar-refractivity contribution in [3.8, 4) is 0 Å². The number of rotatable bonds is 4. The van der Waals surface area contributed by atoms with Crippen LogP contribution in [0, 0.1) is 0 Å². The summed E-state index contributed by atoms with van der Waals surface area (Å²) in [6, 6.07) is 7.54. The zero-order chi connectivity index (χ0) is 10.4. The molecule has 0 radical (unpaired) electrons. The molecule has 0 aliphatic rings. The van der Waals surface area contributed by atoms with Crippen LogP contribution in [0.25, 0.3) is 0 Å². The number of hydrogen-bond acceptors (Lipinski definition) is 3. The molecule has 1 amide bonds. The standard InChI is InChI=1S/C10H15N3O/c1-11-7-10(14)13-9-5-3-8(12-2)4-6-9/h3-6,11-12H,7H2,1-2H3,(H,13,14). The lowest BCUT2D eigenvalue weighted by atomic mass is 10.3. The van der Waals surface area contributed by atoms with Crippen molar-refractivity contribution in [1.29, 1.82) is 0 Å². The van der Waals surface area contributed by atoms with Gasteiger partial charge in [-0.1, -0.05) is 0 Å². The summed E-state index contributed by atoms with van der Waals surface area (Å²) >= 11 is 0. The van der Waals surface area contributed by atoms with Crippen molar-refractivity contribution in [3.63, 3.8) is 0 Å². The van der Waals surface area contributed by atoms with E-state index in [1.54, 1.807) is 7.05 Å². The Kier molecular flexibility index (Phi) is 3.94. The molecular weight excluding hydrogens is 178 g/mol. The normalized spacial score (nSPS) is 9.57. The lowest BCUT2D eigenvalue weighted by Crippen LogP contribution is -2.24. The van der Waals surface area contributed by atoms with Crippen LogP contribution in [0.3, 0.4) is 0 Å². The van der Waals surface area contributed by atoms with Crippen molar-refractivity contribution in [1.82, 2.24) is 5.32 Å². The molecule has 3 N–H and O–H groups in total. The molecule has 0 atom stereocenters. The fourth-order valence-electron chi connectivity index (χ4n) is 1.09. The van der Waals surface area contributed by atoms with E-state index < -0.39 is 0 Å². The molecule has 0 aromatic heterocycles. The molecule has 0 fully saturated rings. The lowest BCUT2D eigenvalue weighted by molar-refractivity contribution is -0.115. The van der Waals surface area contributed by atoms with Crippen LogP contribution in [0.2, 0.25) is 0 Å². The summed E-state index contributed by atoms with van der Waals surface area (Å²) < 4.78 is 0. The average molecular weight is 193 g/mol. The van der Waals surface area contributed by atoms with Gasteiger partial charge in [-0.05, 0) is 31.3 Å². The summed E-state index contributed by atoms with van der Waals surface area (Å²) in [4.78, 5) is 11.2. The molecule has 0 saturated heterocycles. The van der Waals surface area contributed by atoms with Crippen molar-refractivity contribution in [2.45, 2.75) is 0 Å². The molecule has 1 rings (SSSR count). The Hall–Kier alpha value is -1.55. The predicted octanol–water partition coefficient (Wildman–Crippen LogP) is 0.886. The van der Waals surface area contributed by atoms with Gasteiger partial charge in [0.1, 0.15) is 0 Å². The van der Waals surface area contributed by atoms with E-state index in [2.05, 4.69) is 16.0 Å². The first-order valence-corrected chi connectivity index (χ1v) is 4.48. The Bertz CT molecular complexity index is 295. The fraction of sp³-hybridized carbons (Fsp3) is 0.300. The molecule has 0 heterocycles. The van der Waals surface area contributed by atoms with E-state index in [9.17, 15) is 4.79 Å². The van der Waals surface area contributed by atoms with Gasteiger partial charge in [0.25, 0.3) is 0 Å². The number of hydrogen-bond donors (Lipinski definition) is 3. The van der Waals surface area contributed by atoms with Gasteiger partial charge in [-0.15, -0.1) is 0 Å². The van der Waals surface area contributed by atoms with E-state index in [1.807, 2.05) is 31.3 Å². The van der Waals surface area contributed by atoms with Gasteiger partial charge in [0.05, 0.1) is 6.54 Å². The van der Waals surface area contributed by atoms with Crippen LogP contribution in [0.5, 0.6) is 0 Å². The van der Waals surface area contributed by atoms with E-state index in [0.29, 0.717) is 6.54 Å². The highest BCUT2D eigenvalue weighted by Gasteiger charge is 1.99. The van der Waals surface area contributed by atoms with Gasteiger partial charge in [0.15, 0.2) is 0 Å². The molecular formula is C10H15N3O. The highest BCUT2D eigenvalue weighted by atomic mass is 16.1. The van der Waals surface area contributed by atoms with Gasteiger partial charge in [-0.2, -0.15) is 0 Å². The summed E-state index contributed by atoms with van der Waals surface area (Å²) in [6.45, 7) is 0.327. The molecule has 0 spiro atoms. The summed E-state index contributed by atoms with van der Waals surface area (Å²) in [5, 5.41) is 8.56. The minimum atomic E-state index is -0.0373. The summed E-state index contributed by atoms with van der Waals surface area (Å²) in [5.41, 5.74) is 1.83. The third-order valence-electron chi connectivity index (χ3n) is 1.79. The maximum atomic E-state index is 11.2. The second-order valence-corrected chi connectivity index (χ2v) is 2.91. The van der Waals surface area contributed by atoms with Gasteiger partial charge < -0.3 is 16.0 Å². The van der Waals surface area contributed by atoms with Gasteiger partial charge in [-0.25, -0.2) is 0 Å². The van der Waals surface area contributed by atoms with Gasteiger partial charge in [-0.3, -0.25) is 4.79 Å². The maximum Gasteiger partial charge on any atom is 0.238 e. The third kappa shape index (κ3) is 3.06. The Morgan fingerprint density at radius 3 is 2.21 bits per heavy atom. The lowest BCUT2D eigenvalue weighted by Gasteiger charge is -2.05. The van der Waals surface area contributed by atoms with Crippen LogP contribution in [0.15, 0.2) is 24.3 Å². The van der Waals surface area contributed by atoms with Crippen LogP contribution in [-0.2, 0) is 4.79 Å². The molecule has 0 aliphatic heterocycles. The Balaban J connectivity index is 2.55. The van der Waals surface area contributed by atoms with Crippen molar-refractivity contribution < 1.29 is 4.79 Å². The van der Waals surface area contributed by atoms with Crippen molar-refractivity contribution in [2.24, 2.45) is 0 Å². The van der Waals surface area contributed by atoms with Crippen LogP contribution in [0.1, 0.15) is 0 Å². The fourth-order valence-corrected chi connectivity index (χ4v) is 1.09. The molecule has 4 heteroatoms. The molecule has 4 nitrogen and oxygen atoms in total. The topological polar surface area (TPSA) is 53.2 Å². The predicted molar refractivity (Wildman–Crippen MR) is 58.5 cm³/mol. The quantitative estimate of drug-likeness (QED) is 0.665. The number of carbonyl (C=O) groups is 1. The first kappa shape index (κ1) is 10.5. The van der Waals surface area contributed by atoms with Crippen LogP contribution >= 0.6 is 0 Å². The Morgan fingerprint density at radius 1 is 1.14 bits per heavy atom. The van der Waals surface area contributed by atoms with E-state index in [4.69, 9.17) is 0 Å². The summed E-state index contributed by atoms with van der Waals surface area (Å²) in [5.74, 6) is -0.0373. The van der Waals surface area contributed by atoms with Crippen LogP contribution in [0.4, 0.5) is 11.4 Å². The minimum Gasteiger partial charge on any atom is -0.388 e. The number of amides is 1. The average Bonchev–Trinajstić information content (AvgIpc) is 2.19. The second kappa shape index (κ2) is 5.24. The zero-order valence-electron chi connectivity index (χ0n) is 8.42. The Morgan fingerprint density at radius 2 is 1.71 bits per heavy atom. The van der Waals surface area contributed by atoms with Crippen molar-refractivity contribution in [2.75, 3.05) is 31.3 Å². The number of benzene rings is 1. The van der Waals surface area contributed by atoms with Gasteiger partial charge >= 0.3 is 0 Å². The number of anilines is 2. The van der Waals surface area contributed by atoms with Crippen LogP contribution < -0.4 is 16.0 Å². The third-order valence-corrected chi connectivity index (χ3v) is 1.79. The molecule has 76 valence electrons. The molecule has 1 aromatic carbocycles. The second-order valence-electron chi connectivity index (χ2n) is 2.91.